The van der Waals surface area contributed by atoms with Crippen LogP contribution in [0.1, 0.15) is 54.9 Å². The largest absolute Gasteiger partial charge is 0.478 e. The molecule has 1 aliphatic carbocycles. The number of hydrogen-bond acceptors (Lipinski definition) is 2. The van der Waals surface area contributed by atoms with E-state index in [2.05, 4.69) is 17.6 Å². The van der Waals surface area contributed by atoms with Crippen molar-refractivity contribution in [3.63, 3.8) is 0 Å². The van der Waals surface area contributed by atoms with Gasteiger partial charge in [-0.1, -0.05) is 25.3 Å². The van der Waals surface area contributed by atoms with Gasteiger partial charge in [-0.3, -0.25) is 0 Å². The van der Waals surface area contributed by atoms with Crippen LogP contribution in [0.2, 0.25) is 0 Å². The molecule has 0 atom stereocenters. The van der Waals surface area contributed by atoms with E-state index in [4.69, 9.17) is 5.11 Å². The molecule has 1 aromatic rings. The molecule has 0 unspecified atom stereocenters. The smallest absolute Gasteiger partial charge is 0.335 e. The molecule has 0 bridgehead atoms. The van der Waals surface area contributed by atoms with E-state index >= 15 is 0 Å². The highest BCUT2D eigenvalue weighted by Crippen LogP contribution is 2.27. The molecule has 114 valence electrons. The molecule has 3 N–H and O–H groups in total. The van der Waals surface area contributed by atoms with Gasteiger partial charge in [-0.15, -0.1) is 0 Å². The number of rotatable bonds is 3. The van der Waals surface area contributed by atoms with Crippen LogP contribution in [0, 0.1) is 6.92 Å². The lowest BCUT2D eigenvalue weighted by Crippen LogP contribution is -2.49. The molecular formula is C16H22N2O3. The Morgan fingerprint density at radius 2 is 1.86 bits per heavy atom. The number of hydrogen-bond donors (Lipinski definition) is 3. The van der Waals surface area contributed by atoms with E-state index in [1.807, 2.05) is 6.92 Å². The van der Waals surface area contributed by atoms with Gasteiger partial charge in [0, 0.05) is 11.2 Å². The van der Waals surface area contributed by atoms with Crippen LogP contribution in [0.4, 0.5) is 10.5 Å². The average Bonchev–Trinajstić information content (AvgIpc) is 2.41. The second-order valence-corrected chi connectivity index (χ2v) is 6.04. The van der Waals surface area contributed by atoms with Gasteiger partial charge in [0.15, 0.2) is 0 Å². The number of urea groups is 1. The number of carboxylic acid groups (broad SMARTS) is 1. The lowest BCUT2D eigenvalue weighted by atomic mass is 9.83. The molecular weight excluding hydrogens is 268 g/mol. The van der Waals surface area contributed by atoms with Crippen molar-refractivity contribution in [3.8, 4) is 0 Å². The summed E-state index contributed by atoms with van der Waals surface area (Å²) in [5, 5.41) is 14.8. The zero-order chi connectivity index (χ0) is 15.5. The van der Waals surface area contributed by atoms with E-state index in [-0.39, 0.29) is 17.1 Å². The van der Waals surface area contributed by atoms with Gasteiger partial charge >= 0.3 is 12.0 Å². The predicted octanol–water partition coefficient (Wildman–Crippen LogP) is 3.54. The van der Waals surface area contributed by atoms with Gasteiger partial charge in [-0.05, 0) is 44.4 Å². The summed E-state index contributed by atoms with van der Waals surface area (Å²) >= 11 is 0. The molecule has 0 saturated heterocycles. The van der Waals surface area contributed by atoms with Gasteiger partial charge in [-0.25, -0.2) is 9.59 Å². The minimum atomic E-state index is -1.00. The van der Waals surface area contributed by atoms with Crippen LogP contribution in [-0.2, 0) is 0 Å². The van der Waals surface area contributed by atoms with Gasteiger partial charge in [-0.2, -0.15) is 0 Å². The topological polar surface area (TPSA) is 78.4 Å². The van der Waals surface area contributed by atoms with Crippen LogP contribution in [0.15, 0.2) is 18.2 Å². The Bertz CT molecular complexity index is 548. The Morgan fingerprint density at radius 3 is 2.48 bits per heavy atom. The molecule has 2 rings (SSSR count). The number of nitrogens with one attached hydrogen (secondary N) is 2. The average molecular weight is 290 g/mol. The molecule has 5 heteroatoms. The fraction of sp³-hybridized carbons (Fsp3) is 0.500. The lowest BCUT2D eigenvalue weighted by Gasteiger charge is -2.34. The van der Waals surface area contributed by atoms with Crippen molar-refractivity contribution in [3.05, 3.63) is 29.3 Å². The number of anilines is 1. The Morgan fingerprint density at radius 1 is 1.19 bits per heavy atom. The summed E-state index contributed by atoms with van der Waals surface area (Å²) in [5.41, 5.74) is 1.37. The summed E-state index contributed by atoms with van der Waals surface area (Å²) in [4.78, 5) is 23.1. The van der Waals surface area contributed by atoms with Crippen LogP contribution in [0.3, 0.4) is 0 Å². The molecule has 1 saturated carbocycles. The molecule has 5 nitrogen and oxygen atoms in total. The summed E-state index contributed by atoms with van der Waals surface area (Å²) in [6.45, 7) is 3.90. The molecule has 2 amide bonds. The standard InChI is InChI=1S/C16H22N2O3/c1-11-6-7-12(14(19)20)10-13(11)17-15(21)18-16(2)8-4-3-5-9-16/h6-7,10H,3-5,8-9H2,1-2H3,(H,19,20)(H2,17,18,21). The quantitative estimate of drug-likeness (QED) is 0.796. The SMILES string of the molecule is Cc1ccc(C(=O)O)cc1NC(=O)NC1(C)CCCCC1. The van der Waals surface area contributed by atoms with E-state index in [0.29, 0.717) is 5.69 Å². The van der Waals surface area contributed by atoms with Crippen molar-refractivity contribution in [2.75, 3.05) is 5.32 Å². The number of carbonyl (C=O) groups excluding carboxylic acids is 1. The van der Waals surface area contributed by atoms with Gasteiger partial charge in [0.1, 0.15) is 0 Å². The minimum Gasteiger partial charge on any atom is -0.478 e. The second-order valence-electron chi connectivity index (χ2n) is 6.04. The normalized spacial score (nSPS) is 17.0. The van der Waals surface area contributed by atoms with Crippen molar-refractivity contribution in [2.24, 2.45) is 0 Å². The Kier molecular flexibility index (Phi) is 4.50. The van der Waals surface area contributed by atoms with Crippen molar-refractivity contribution < 1.29 is 14.7 Å². The van der Waals surface area contributed by atoms with Gasteiger partial charge < -0.3 is 15.7 Å². The predicted molar refractivity (Wildman–Crippen MR) is 81.8 cm³/mol. The highest BCUT2D eigenvalue weighted by atomic mass is 16.4. The molecule has 21 heavy (non-hydrogen) atoms. The number of carbonyl (C=O) groups is 2. The van der Waals surface area contributed by atoms with Crippen LogP contribution >= 0.6 is 0 Å². The molecule has 1 fully saturated rings. The highest BCUT2D eigenvalue weighted by molar-refractivity contribution is 5.94. The van der Waals surface area contributed by atoms with Crippen LogP contribution < -0.4 is 10.6 Å². The fourth-order valence-corrected chi connectivity index (χ4v) is 2.77. The lowest BCUT2D eigenvalue weighted by molar-refractivity contribution is 0.0697. The number of benzene rings is 1. The number of aryl methyl sites for hydroxylation is 1. The third-order valence-corrected chi connectivity index (χ3v) is 4.11. The monoisotopic (exact) mass is 290 g/mol. The van der Waals surface area contributed by atoms with Crippen molar-refractivity contribution >= 4 is 17.7 Å². The first kappa shape index (κ1) is 15.4. The molecule has 0 aromatic heterocycles. The van der Waals surface area contributed by atoms with E-state index in [1.54, 1.807) is 6.07 Å². The maximum absolute atomic E-state index is 12.1. The first-order valence-electron chi connectivity index (χ1n) is 7.33. The van der Waals surface area contributed by atoms with Crippen molar-refractivity contribution in [1.82, 2.24) is 5.32 Å². The Hall–Kier alpha value is -2.04. The maximum atomic E-state index is 12.1. The van der Waals surface area contributed by atoms with E-state index in [9.17, 15) is 9.59 Å². The molecule has 0 aliphatic heterocycles. The zero-order valence-electron chi connectivity index (χ0n) is 12.5. The molecule has 1 aromatic carbocycles. The number of amides is 2. The maximum Gasteiger partial charge on any atom is 0.335 e. The molecule has 0 spiro atoms. The Balaban J connectivity index is 2.05. The van der Waals surface area contributed by atoms with Gasteiger partial charge in [0.05, 0.1) is 5.56 Å². The third-order valence-electron chi connectivity index (χ3n) is 4.11. The first-order valence-corrected chi connectivity index (χ1v) is 7.33. The van der Waals surface area contributed by atoms with Crippen LogP contribution in [-0.4, -0.2) is 22.6 Å². The molecule has 0 radical (unpaired) electrons. The van der Waals surface area contributed by atoms with Crippen LogP contribution in [0.25, 0.3) is 0 Å². The summed E-state index contributed by atoms with van der Waals surface area (Å²) in [6, 6.07) is 4.44. The van der Waals surface area contributed by atoms with Gasteiger partial charge in [0.25, 0.3) is 0 Å². The summed E-state index contributed by atoms with van der Waals surface area (Å²) in [6.07, 6.45) is 5.44. The first-order chi connectivity index (χ1) is 9.89. The number of aromatic carboxylic acids is 1. The molecule has 1 aliphatic rings. The summed E-state index contributed by atoms with van der Waals surface area (Å²) in [7, 11) is 0. The number of carboxylic acids is 1. The highest BCUT2D eigenvalue weighted by Gasteiger charge is 2.28. The zero-order valence-corrected chi connectivity index (χ0v) is 12.5. The van der Waals surface area contributed by atoms with E-state index in [1.165, 1.54) is 18.6 Å². The second kappa shape index (κ2) is 6.16. The summed E-state index contributed by atoms with van der Waals surface area (Å²) < 4.78 is 0. The van der Waals surface area contributed by atoms with Gasteiger partial charge in [0.2, 0.25) is 0 Å². The minimum absolute atomic E-state index is 0.166. The van der Waals surface area contributed by atoms with E-state index < -0.39 is 5.97 Å². The van der Waals surface area contributed by atoms with Crippen LogP contribution in [0.5, 0.6) is 0 Å². The Labute approximate surface area is 124 Å². The van der Waals surface area contributed by atoms with Crippen molar-refractivity contribution in [1.29, 1.82) is 0 Å². The van der Waals surface area contributed by atoms with Crippen molar-refractivity contribution in [2.45, 2.75) is 51.5 Å². The fourth-order valence-electron chi connectivity index (χ4n) is 2.77. The summed E-state index contributed by atoms with van der Waals surface area (Å²) in [5.74, 6) is -1.00. The van der Waals surface area contributed by atoms with E-state index in [0.717, 1.165) is 31.2 Å². The molecule has 0 heterocycles. The third kappa shape index (κ3) is 3.97.